The van der Waals surface area contributed by atoms with E-state index in [2.05, 4.69) is 32.0 Å². The van der Waals surface area contributed by atoms with Gasteiger partial charge in [0.2, 0.25) is 0 Å². The summed E-state index contributed by atoms with van der Waals surface area (Å²) in [6.07, 6.45) is 3.27. The van der Waals surface area contributed by atoms with Crippen LogP contribution in [0.1, 0.15) is 12.8 Å². The molecule has 2 aliphatic heterocycles. The highest BCUT2D eigenvalue weighted by molar-refractivity contribution is 9.10. The van der Waals surface area contributed by atoms with Gasteiger partial charge in [-0.3, -0.25) is 4.68 Å². The second-order valence-corrected chi connectivity index (χ2v) is 5.12. The molecule has 3 rings (SSSR count). The Bertz CT molecular complexity index is 367. The zero-order chi connectivity index (χ0) is 10.4. The normalized spacial score (nSPS) is 29.9. The van der Waals surface area contributed by atoms with Crippen LogP contribution in [0.2, 0.25) is 0 Å². The van der Waals surface area contributed by atoms with E-state index in [1.807, 2.05) is 11.7 Å². The van der Waals surface area contributed by atoms with Gasteiger partial charge in [-0.2, -0.15) is 5.10 Å². The maximum absolute atomic E-state index is 5.81. The molecule has 4 nitrogen and oxygen atoms in total. The largest absolute Gasteiger partial charge is 0.371 e. The van der Waals surface area contributed by atoms with Crippen molar-refractivity contribution in [1.29, 1.82) is 0 Å². The van der Waals surface area contributed by atoms with Crippen molar-refractivity contribution in [2.45, 2.75) is 25.0 Å². The van der Waals surface area contributed by atoms with Crippen LogP contribution in [-0.4, -0.2) is 35.1 Å². The van der Waals surface area contributed by atoms with Crippen LogP contribution in [0.3, 0.4) is 0 Å². The first-order chi connectivity index (χ1) is 7.22. The summed E-state index contributed by atoms with van der Waals surface area (Å²) in [5, 5.41) is 4.31. The Hall–Kier alpha value is -0.550. The maximum atomic E-state index is 5.81. The third kappa shape index (κ3) is 1.67. The molecule has 82 valence electrons. The van der Waals surface area contributed by atoms with E-state index in [-0.39, 0.29) is 0 Å². The van der Waals surface area contributed by atoms with Gasteiger partial charge in [0.25, 0.3) is 0 Å². The molecule has 2 aliphatic rings. The molecule has 5 heteroatoms. The summed E-state index contributed by atoms with van der Waals surface area (Å²) in [6, 6.07) is 2.07. The molecule has 1 aromatic heterocycles. The first-order valence-electron chi connectivity index (χ1n) is 5.32. The monoisotopic (exact) mass is 271 g/mol. The summed E-state index contributed by atoms with van der Waals surface area (Å²) in [5.74, 6) is 1.18. The summed E-state index contributed by atoms with van der Waals surface area (Å²) in [7, 11) is 1.98. The first-order valence-corrected chi connectivity index (χ1v) is 6.11. The van der Waals surface area contributed by atoms with Gasteiger partial charge in [-0.25, -0.2) is 0 Å². The quantitative estimate of drug-likeness (QED) is 0.777. The van der Waals surface area contributed by atoms with Crippen molar-refractivity contribution in [3.8, 4) is 0 Å². The number of halogens is 1. The molecular formula is C10H14BrN3O. The number of ether oxygens (including phenoxy) is 1. The lowest BCUT2D eigenvalue weighted by Crippen LogP contribution is -2.43. The highest BCUT2D eigenvalue weighted by Crippen LogP contribution is 2.30. The summed E-state index contributed by atoms with van der Waals surface area (Å²) >= 11 is 3.41. The van der Waals surface area contributed by atoms with Gasteiger partial charge in [-0.15, -0.1) is 0 Å². The molecule has 0 N–H and O–H groups in total. The molecule has 0 aliphatic carbocycles. The lowest BCUT2D eigenvalue weighted by atomic mass is 10.2. The second kappa shape index (κ2) is 3.49. The van der Waals surface area contributed by atoms with Crippen molar-refractivity contribution in [3.63, 3.8) is 0 Å². The summed E-state index contributed by atoms with van der Waals surface area (Å²) in [4.78, 5) is 2.38. The van der Waals surface area contributed by atoms with Crippen LogP contribution in [0.5, 0.6) is 0 Å². The standard InChI is InChI=1S/C10H14BrN3O/c1-13-10(4-9(11)12-13)14-5-7-2-3-8(6-14)15-7/h4,7-8H,2-3,5-6H2,1H3/t7-,8+. The number of morpholine rings is 1. The SMILES string of the molecule is Cn1nc(Br)cc1N1C[C@H]2CC[C@@H](C1)O2. The van der Waals surface area contributed by atoms with Crippen molar-refractivity contribution in [2.75, 3.05) is 18.0 Å². The number of hydrogen-bond donors (Lipinski definition) is 0. The zero-order valence-corrected chi connectivity index (χ0v) is 10.3. The lowest BCUT2D eigenvalue weighted by molar-refractivity contribution is 0.0300. The predicted octanol–water partition coefficient (Wildman–Crippen LogP) is 1.55. The van der Waals surface area contributed by atoms with Crippen LogP contribution in [0, 0.1) is 0 Å². The maximum Gasteiger partial charge on any atom is 0.130 e. The molecule has 2 bridgehead atoms. The van der Waals surface area contributed by atoms with E-state index in [4.69, 9.17) is 4.74 Å². The molecule has 0 saturated carbocycles. The Labute approximate surface area is 97.3 Å². The molecular weight excluding hydrogens is 258 g/mol. The average Bonchev–Trinajstić information content (AvgIpc) is 2.70. The van der Waals surface area contributed by atoms with Crippen molar-refractivity contribution in [2.24, 2.45) is 7.05 Å². The molecule has 3 heterocycles. The van der Waals surface area contributed by atoms with E-state index in [0.29, 0.717) is 12.2 Å². The summed E-state index contributed by atoms with van der Waals surface area (Å²) < 4.78 is 8.64. The van der Waals surface area contributed by atoms with Crippen LogP contribution in [-0.2, 0) is 11.8 Å². The summed E-state index contributed by atoms with van der Waals surface area (Å²) in [5.41, 5.74) is 0. The van der Waals surface area contributed by atoms with Gasteiger partial charge in [0.05, 0.1) is 12.2 Å². The van der Waals surface area contributed by atoms with E-state index in [9.17, 15) is 0 Å². The van der Waals surface area contributed by atoms with Crippen molar-refractivity contribution in [1.82, 2.24) is 9.78 Å². The minimum absolute atomic E-state index is 0.428. The zero-order valence-electron chi connectivity index (χ0n) is 8.69. The molecule has 1 aromatic rings. The van der Waals surface area contributed by atoms with Crippen LogP contribution >= 0.6 is 15.9 Å². The van der Waals surface area contributed by atoms with Crippen molar-refractivity contribution >= 4 is 21.7 Å². The van der Waals surface area contributed by atoms with E-state index < -0.39 is 0 Å². The van der Waals surface area contributed by atoms with Crippen LogP contribution in [0.4, 0.5) is 5.82 Å². The molecule has 0 amide bonds. The number of aryl methyl sites for hydroxylation is 1. The third-order valence-corrected chi connectivity index (χ3v) is 3.58. The van der Waals surface area contributed by atoms with E-state index in [1.165, 1.54) is 18.7 Å². The Balaban J connectivity index is 1.85. The minimum atomic E-state index is 0.428. The van der Waals surface area contributed by atoms with Gasteiger partial charge in [-0.05, 0) is 28.8 Å². The van der Waals surface area contributed by atoms with E-state index >= 15 is 0 Å². The lowest BCUT2D eigenvalue weighted by Gasteiger charge is -2.33. The molecule has 2 atom stereocenters. The van der Waals surface area contributed by atoms with Gasteiger partial charge in [0, 0.05) is 26.2 Å². The number of anilines is 1. The molecule has 0 spiro atoms. The molecule has 0 radical (unpaired) electrons. The third-order valence-electron chi connectivity index (χ3n) is 3.19. The smallest absolute Gasteiger partial charge is 0.130 e. The number of rotatable bonds is 1. The molecule has 15 heavy (non-hydrogen) atoms. The van der Waals surface area contributed by atoms with Gasteiger partial charge < -0.3 is 9.64 Å². The minimum Gasteiger partial charge on any atom is -0.371 e. The van der Waals surface area contributed by atoms with Gasteiger partial charge in [0.15, 0.2) is 0 Å². The van der Waals surface area contributed by atoms with Gasteiger partial charge >= 0.3 is 0 Å². The fourth-order valence-corrected chi connectivity index (χ4v) is 2.96. The fraction of sp³-hybridized carbons (Fsp3) is 0.700. The summed E-state index contributed by atoms with van der Waals surface area (Å²) in [6.45, 7) is 2.00. The van der Waals surface area contributed by atoms with Crippen LogP contribution in [0.15, 0.2) is 10.7 Å². The second-order valence-electron chi connectivity index (χ2n) is 4.31. The number of nitrogens with zero attached hydrogens (tertiary/aromatic N) is 3. The Morgan fingerprint density at radius 2 is 2.07 bits per heavy atom. The fourth-order valence-electron chi connectivity index (χ4n) is 2.52. The Morgan fingerprint density at radius 1 is 1.40 bits per heavy atom. The van der Waals surface area contributed by atoms with Gasteiger partial charge in [0.1, 0.15) is 10.4 Å². The first kappa shape index (κ1) is 9.66. The van der Waals surface area contributed by atoms with Crippen LogP contribution in [0.25, 0.3) is 0 Å². The van der Waals surface area contributed by atoms with Crippen molar-refractivity contribution in [3.05, 3.63) is 10.7 Å². The molecule has 0 aromatic carbocycles. The number of aromatic nitrogens is 2. The topological polar surface area (TPSA) is 30.3 Å². The number of hydrogen-bond acceptors (Lipinski definition) is 3. The molecule has 0 unspecified atom stereocenters. The average molecular weight is 272 g/mol. The Kier molecular flexibility index (Phi) is 2.25. The van der Waals surface area contributed by atoms with Gasteiger partial charge in [-0.1, -0.05) is 0 Å². The molecule has 2 saturated heterocycles. The highest BCUT2D eigenvalue weighted by atomic mass is 79.9. The predicted molar refractivity (Wildman–Crippen MR) is 61.0 cm³/mol. The Morgan fingerprint density at radius 3 is 2.60 bits per heavy atom. The van der Waals surface area contributed by atoms with E-state index in [0.717, 1.165) is 17.7 Å². The molecule has 2 fully saturated rings. The van der Waals surface area contributed by atoms with E-state index in [1.54, 1.807) is 0 Å². The number of fused-ring (bicyclic) bond motifs is 2. The van der Waals surface area contributed by atoms with Crippen LogP contribution < -0.4 is 4.90 Å². The highest BCUT2D eigenvalue weighted by Gasteiger charge is 2.34. The van der Waals surface area contributed by atoms with Crippen molar-refractivity contribution < 1.29 is 4.74 Å².